The zero-order valence-electron chi connectivity index (χ0n) is 10.3. The van der Waals surface area contributed by atoms with E-state index in [4.69, 9.17) is 5.73 Å². The van der Waals surface area contributed by atoms with E-state index < -0.39 is 0 Å². The third-order valence-electron chi connectivity index (χ3n) is 2.82. The number of nitrogen functional groups attached to an aromatic ring is 1. The topological polar surface area (TPSA) is 63.8 Å². The number of aromatic nitrogens is 2. The molecular formula is C13H15BrN4. The van der Waals surface area contributed by atoms with Crippen molar-refractivity contribution >= 4 is 27.6 Å². The molecule has 1 atom stereocenters. The summed E-state index contributed by atoms with van der Waals surface area (Å²) < 4.78 is 1.06. The minimum absolute atomic E-state index is 0.149. The summed E-state index contributed by atoms with van der Waals surface area (Å²) in [5.41, 5.74) is 7.82. The Morgan fingerprint density at radius 2 is 2.11 bits per heavy atom. The molecule has 1 heterocycles. The number of rotatable bonds is 3. The lowest BCUT2D eigenvalue weighted by Crippen LogP contribution is -2.10. The fourth-order valence-electron chi connectivity index (χ4n) is 1.67. The normalized spacial score (nSPS) is 12.2. The van der Waals surface area contributed by atoms with Crippen molar-refractivity contribution in [2.45, 2.75) is 19.9 Å². The Morgan fingerprint density at radius 1 is 1.33 bits per heavy atom. The van der Waals surface area contributed by atoms with Crippen molar-refractivity contribution in [3.05, 3.63) is 46.2 Å². The zero-order valence-corrected chi connectivity index (χ0v) is 11.9. The van der Waals surface area contributed by atoms with Gasteiger partial charge in [-0.2, -0.15) is 0 Å². The lowest BCUT2D eigenvalue weighted by atomic mass is 10.1. The molecule has 0 radical (unpaired) electrons. The smallest absolute Gasteiger partial charge is 0.134 e. The van der Waals surface area contributed by atoms with Gasteiger partial charge in [0, 0.05) is 16.1 Å². The van der Waals surface area contributed by atoms with Gasteiger partial charge in [0.05, 0.1) is 0 Å². The number of nitrogens with one attached hydrogen (secondary N) is 1. The number of hydrogen-bond acceptors (Lipinski definition) is 4. The average molecular weight is 307 g/mol. The minimum Gasteiger partial charge on any atom is -0.383 e. The van der Waals surface area contributed by atoms with E-state index in [0.29, 0.717) is 5.82 Å². The molecule has 0 aliphatic rings. The van der Waals surface area contributed by atoms with Gasteiger partial charge in [0.1, 0.15) is 18.0 Å². The lowest BCUT2D eigenvalue weighted by molar-refractivity contribution is 0.868. The first-order valence-electron chi connectivity index (χ1n) is 5.67. The van der Waals surface area contributed by atoms with Crippen molar-refractivity contribution in [1.29, 1.82) is 0 Å². The van der Waals surface area contributed by atoms with Gasteiger partial charge in [0.2, 0.25) is 0 Å². The molecule has 3 N–H and O–H groups in total. The van der Waals surface area contributed by atoms with E-state index in [1.807, 2.05) is 19.1 Å². The second-order valence-electron chi connectivity index (χ2n) is 4.15. The van der Waals surface area contributed by atoms with Crippen LogP contribution in [-0.4, -0.2) is 9.97 Å². The van der Waals surface area contributed by atoms with Gasteiger partial charge in [-0.15, -0.1) is 0 Å². The van der Waals surface area contributed by atoms with Gasteiger partial charge in [0.25, 0.3) is 0 Å². The highest BCUT2D eigenvalue weighted by Crippen LogP contribution is 2.23. The molecule has 0 amide bonds. The summed E-state index contributed by atoms with van der Waals surface area (Å²) in [5, 5.41) is 3.34. The van der Waals surface area contributed by atoms with Crippen molar-refractivity contribution in [3.63, 3.8) is 0 Å². The summed E-state index contributed by atoms with van der Waals surface area (Å²) in [6, 6.07) is 8.32. The second-order valence-corrected chi connectivity index (χ2v) is 5.07. The summed E-state index contributed by atoms with van der Waals surface area (Å²) in [4.78, 5) is 8.17. The van der Waals surface area contributed by atoms with Crippen LogP contribution in [0.15, 0.2) is 35.1 Å². The zero-order chi connectivity index (χ0) is 13.1. The Bertz CT molecular complexity index is 556. The molecule has 1 unspecified atom stereocenters. The maximum Gasteiger partial charge on any atom is 0.134 e. The number of anilines is 2. The minimum atomic E-state index is 0.149. The maximum atomic E-state index is 5.76. The molecule has 0 aliphatic carbocycles. The molecule has 1 aromatic heterocycles. The van der Waals surface area contributed by atoms with Crippen LogP contribution in [0.25, 0.3) is 0 Å². The first-order valence-corrected chi connectivity index (χ1v) is 6.46. The van der Waals surface area contributed by atoms with E-state index >= 15 is 0 Å². The quantitative estimate of drug-likeness (QED) is 0.913. The van der Waals surface area contributed by atoms with Crippen LogP contribution in [0.5, 0.6) is 0 Å². The highest BCUT2D eigenvalue weighted by Gasteiger charge is 2.09. The number of halogens is 1. The molecule has 94 valence electrons. The maximum absolute atomic E-state index is 5.76. The number of nitrogens with two attached hydrogens (primary N) is 1. The molecule has 18 heavy (non-hydrogen) atoms. The Balaban J connectivity index is 2.21. The largest absolute Gasteiger partial charge is 0.383 e. The van der Waals surface area contributed by atoms with Crippen LogP contribution in [0.4, 0.5) is 11.6 Å². The molecule has 0 saturated carbocycles. The van der Waals surface area contributed by atoms with Crippen LogP contribution < -0.4 is 11.1 Å². The molecule has 2 rings (SSSR count). The molecule has 0 spiro atoms. The van der Waals surface area contributed by atoms with Gasteiger partial charge in [0.15, 0.2) is 0 Å². The molecule has 5 heteroatoms. The summed E-state index contributed by atoms with van der Waals surface area (Å²) in [7, 11) is 0. The molecule has 1 aromatic carbocycles. The predicted octanol–water partition coefficient (Wildman–Crippen LogP) is 3.30. The predicted molar refractivity (Wildman–Crippen MR) is 77.4 cm³/mol. The standard InChI is InChI=1S/C13H15BrN4/c1-8-12(15)16-7-17-13(8)18-9(2)10-4-3-5-11(14)6-10/h3-7,9H,1-2H3,(H3,15,16,17,18). The highest BCUT2D eigenvalue weighted by molar-refractivity contribution is 9.10. The van der Waals surface area contributed by atoms with Crippen molar-refractivity contribution < 1.29 is 0 Å². The fraction of sp³-hybridized carbons (Fsp3) is 0.231. The van der Waals surface area contributed by atoms with Gasteiger partial charge >= 0.3 is 0 Å². The van der Waals surface area contributed by atoms with Crippen LogP contribution in [0.2, 0.25) is 0 Å². The van der Waals surface area contributed by atoms with Gasteiger partial charge in [-0.05, 0) is 31.5 Å². The van der Waals surface area contributed by atoms with E-state index in [9.17, 15) is 0 Å². The third-order valence-corrected chi connectivity index (χ3v) is 3.32. The molecule has 4 nitrogen and oxygen atoms in total. The second kappa shape index (κ2) is 5.35. The summed E-state index contributed by atoms with van der Waals surface area (Å²) in [6.45, 7) is 3.99. The van der Waals surface area contributed by atoms with Crippen LogP contribution in [0.3, 0.4) is 0 Å². The Kier molecular flexibility index (Phi) is 3.81. The summed E-state index contributed by atoms with van der Waals surface area (Å²) >= 11 is 3.47. The number of nitrogens with zero attached hydrogens (tertiary/aromatic N) is 2. The highest BCUT2D eigenvalue weighted by atomic mass is 79.9. The van der Waals surface area contributed by atoms with Gasteiger partial charge in [-0.1, -0.05) is 28.1 Å². The van der Waals surface area contributed by atoms with Gasteiger partial charge in [-0.25, -0.2) is 9.97 Å². The van der Waals surface area contributed by atoms with E-state index in [-0.39, 0.29) is 6.04 Å². The number of benzene rings is 1. The van der Waals surface area contributed by atoms with E-state index in [2.05, 4.69) is 50.3 Å². The lowest BCUT2D eigenvalue weighted by Gasteiger charge is -2.17. The van der Waals surface area contributed by atoms with Crippen LogP contribution in [0.1, 0.15) is 24.1 Å². The molecule has 0 aliphatic heterocycles. The van der Waals surface area contributed by atoms with Crippen LogP contribution in [-0.2, 0) is 0 Å². The van der Waals surface area contributed by atoms with Gasteiger partial charge < -0.3 is 11.1 Å². The monoisotopic (exact) mass is 306 g/mol. The molecule has 0 saturated heterocycles. The van der Waals surface area contributed by atoms with E-state index in [1.54, 1.807) is 0 Å². The summed E-state index contributed by atoms with van der Waals surface area (Å²) in [6.07, 6.45) is 1.47. The van der Waals surface area contributed by atoms with Crippen molar-refractivity contribution in [2.75, 3.05) is 11.1 Å². The van der Waals surface area contributed by atoms with Crippen molar-refractivity contribution in [1.82, 2.24) is 9.97 Å². The molecule has 2 aromatic rings. The SMILES string of the molecule is Cc1c(N)ncnc1NC(C)c1cccc(Br)c1. The third kappa shape index (κ3) is 2.79. The fourth-order valence-corrected chi connectivity index (χ4v) is 2.09. The Labute approximate surface area is 115 Å². The van der Waals surface area contributed by atoms with Crippen molar-refractivity contribution in [3.8, 4) is 0 Å². The molecular weight excluding hydrogens is 292 g/mol. The van der Waals surface area contributed by atoms with E-state index in [0.717, 1.165) is 15.9 Å². The average Bonchev–Trinajstić information content (AvgIpc) is 2.35. The number of hydrogen-bond donors (Lipinski definition) is 2. The van der Waals surface area contributed by atoms with Gasteiger partial charge in [-0.3, -0.25) is 0 Å². The van der Waals surface area contributed by atoms with E-state index in [1.165, 1.54) is 11.9 Å². The van der Waals surface area contributed by atoms with Crippen molar-refractivity contribution in [2.24, 2.45) is 0 Å². The first-order chi connectivity index (χ1) is 8.58. The molecule has 0 fully saturated rings. The first kappa shape index (κ1) is 12.8. The molecule has 0 bridgehead atoms. The Morgan fingerprint density at radius 3 is 2.83 bits per heavy atom. The van der Waals surface area contributed by atoms with Crippen LogP contribution in [0, 0.1) is 6.92 Å². The summed E-state index contributed by atoms with van der Waals surface area (Å²) in [5.74, 6) is 1.28. The Hall–Kier alpha value is -1.62. The van der Waals surface area contributed by atoms with Crippen LogP contribution >= 0.6 is 15.9 Å².